The maximum Gasteiger partial charge on any atom is 0.265 e. The summed E-state index contributed by atoms with van der Waals surface area (Å²) in [7, 11) is 0. The van der Waals surface area contributed by atoms with E-state index in [9.17, 15) is 4.79 Å². The van der Waals surface area contributed by atoms with E-state index in [1.807, 2.05) is 11.8 Å². The van der Waals surface area contributed by atoms with Gasteiger partial charge in [0.2, 0.25) is 0 Å². The molecule has 1 atom stereocenters. The average molecular weight is 312 g/mol. The second-order valence-corrected chi connectivity index (χ2v) is 7.59. The van der Waals surface area contributed by atoms with Gasteiger partial charge in [0.15, 0.2) is 5.13 Å². The number of nitrogens with two attached hydrogens (primary N) is 1. The van der Waals surface area contributed by atoms with E-state index in [4.69, 9.17) is 5.73 Å². The molecule has 1 aliphatic carbocycles. The Morgan fingerprint density at radius 2 is 2.25 bits per heavy atom. The minimum absolute atomic E-state index is 0.0847. The molecule has 0 radical (unpaired) electrons. The van der Waals surface area contributed by atoms with Crippen LogP contribution in [0, 0.1) is 5.92 Å². The van der Waals surface area contributed by atoms with Gasteiger partial charge >= 0.3 is 0 Å². The van der Waals surface area contributed by atoms with Gasteiger partial charge in [0.25, 0.3) is 5.91 Å². The lowest BCUT2D eigenvalue weighted by molar-refractivity contribution is 0.0953. The number of anilines is 2. The third-order valence-corrected chi connectivity index (χ3v) is 6.10. The minimum Gasteiger partial charge on any atom is -0.382 e. The van der Waals surface area contributed by atoms with Crippen molar-refractivity contribution < 1.29 is 4.79 Å². The third kappa shape index (κ3) is 3.20. The van der Waals surface area contributed by atoms with Gasteiger partial charge in [-0.2, -0.15) is 11.8 Å². The number of amides is 1. The Morgan fingerprint density at radius 1 is 1.40 bits per heavy atom. The van der Waals surface area contributed by atoms with Gasteiger partial charge in [0.1, 0.15) is 10.7 Å². The number of nitrogens with zero attached hydrogens (tertiary/aromatic N) is 1. The quantitative estimate of drug-likeness (QED) is 0.776. The number of aromatic nitrogens is 1. The fourth-order valence-corrected chi connectivity index (χ4v) is 4.51. The molecule has 1 amide bonds. The molecule has 1 aromatic heterocycles. The van der Waals surface area contributed by atoms with Gasteiger partial charge in [0, 0.05) is 12.6 Å². The minimum atomic E-state index is -0.0847. The molecule has 0 spiro atoms. The van der Waals surface area contributed by atoms with E-state index in [2.05, 4.69) is 15.6 Å². The Hall–Kier alpha value is -0.950. The number of nitrogens with one attached hydrogen (secondary N) is 2. The van der Waals surface area contributed by atoms with Gasteiger partial charge in [-0.3, -0.25) is 4.79 Å². The van der Waals surface area contributed by atoms with Gasteiger partial charge in [-0.1, -0.05) is 11.3 Å². The number of hydrogen-bond acceptors (Lipinski definition) is 6. The number of hydrogen-bond donors (Lipinski definition) is 3. The zero-order chi connectivity index (χ0) is 13.9. The molecule has 2 aliphatic rings. The van der Waals surface area contributed by atoms with Crippen molar-refractivity contribution in [1.82, 2.24) is 10.3 Å². The number of rotatable bonds is 5. The zero-order valence-electron chi connectivity index (χ0n) is 11.4. The maximum absolute atomic E-state index is 12.1. The molecule has 2 fully saturated rings. The second-order valence-electron chi connectivity index (χ2n) is 5.45. The number of thiazole rings is 1. The predicted molar refractivity (Wildman–Crippen MR) is 85.6 cm³/mol. The molecule has 0 aromatic carbocycles. The lowest BCUT2D eigenvalue weighted by atomic mass is 9.93. The van der Waals surface area contributed by atoms with Crippen LogP contribution >= 0.6 is 23.1 Å². The highest BCUT2D eigenvalue weighted by atomic mass is 32.2. The average Bonchev–Trinajstić information content (AvgIpc) is 3.00. The van der Waals surface area contributed by atoms with Crippen molar-refractivity contribution in [3.63, 3.8) is 0 Å². The van der Waals surface area contributed by atoms with E-state index in [1.54, 1.807) is 0 Å². The van der Waals surface area contributed by atoms with Crippen molar-refractivity contribution in [1.29, 1.82) is 0 Å². The summed E-state index contributed by atoms with van der Waals surface area (Å²) in [5.41, 5.74) is 5.86. The van der Waals surface area contributed by atoms with E-state index in [0.717, 1.165) is 17.4 Å². The normalized spacial score (nSPS) is 22.5. The van der Waals surface area contributed by atoms with Crippen LogP contribution in [-0.2, 0) is 0 Å². The van der Waals surface area contributed by atoms with Gasteiger partial charge in [0.05, 0.1) is 0 Å². The summed E-state index contributed by atoms with van der Waals surface area (Å²) in [5, 5.41) is 7.09. The summed E-state index contributed by atoms with van der Waals surface area (Å²) >= 11 is 3.32. The number of carbonyl (C=O) groups excluding carboxylic acids is 1. The Kier molecular flexibility index (Phi) is 4.35. The van der Waals surface area contributed by atoms with Gasteiger partial charge in [-0.15, -0.1) is 0 Å². The molecule has 1 unspecified atom stereocenters. The number of carbonyl (C=O) groups is 1. The lowest BCUT2D eigenvalue weighted by Crippen LogP contribution is -2.29. The third-order valence-electron chi connectivity index (χ3n) is 3.87. The molecule has 2 heterocycles. The summed E-state index contributed by atoms with van der Waals surface area (Å²) in [6, 6.07) is 0.506. The van der Waals surface area contributed by atoms with Crippen LogP contribution in [0.2, 0.25) is 0 Å². The molecule has 5 nitrogen and oxygen atoms in total. The first-order chi connectivity index (χ1) is 9.72. The molecular formula is C13H20N4OS2. The van der Waals surface area contributed by atoms with E-state index in [1.165, 1.54) is 42.8 Å². The molecule has 4 N–H and O–H groups in total. The lowest BCUT2D eigenvalue weighted by Gasteiger charge is -2.25. The molecule has 110 valence electrons. The highest BCUT2D eigenvalue weighted by Crippen LogP contribution is 2.29. The van der Waals surface area contributed by atoms with E-state index in [-0.39, 0.29) is 5.91 Å². The molecule has 7 heteroatoms. The number of thioether (sulfide) groups is 1. The predicted octanol–water partition coefficient (Wildman–Crippen LogP) is 2.17. The molecule has 1 aliphatic heterocycles. The Balaban J connectivity index is 1.55. The Bertz CT molecular complexity index is 481. The van der Waals surface area contributed by atoms with E-state index >= 15 is 0 Å². The first-order valence-corrected chi connectivity index (χ1v) is 9.08. The van der Waals surface area contributed by atoms with Crippen LogP contribution in [0.5, 0.6) is 0 Å². The fourth-order valence-electron chi connectivity index (χ4n) is 2.35. The fraction of sp³-hybridized carbons (Fsp3) is 0.692. The smallest absolute Gasteiger partial charge is 0.265 e. The Labute approximate surface area is 127 Å². The first-order valence-electron chi connectivity index (χ1n) is 7.11. The van der Waals surface area contributed by atoms with Crippen LogP contribution in [0.4, 0.5) is 10.9 Å². The molecule has 3 rings (SSSR count). The van der Waals surface area contributed by atoms with E-state index in [0.29, 0.717) is 22.7 Å². The van der Waals surface area contributed by atoms with Gasteiger partial charge in [-0.25, -0.2) is 4.98 Å². The molecule has 1 aromatic rings. The van der Waals surface area contributed by atoms with Crippen LogP contribution < -0.4 is 16.4 Å². The van der Waals surface area contributed by atoms with Crippen LogP contribution in [0.1, 0.15) is 35.4 Å². The Morgan fingerprint density at radius 3 is 2.90 bits per heavy atom. The molecule has 1 saturated carbocycles. The standard InChI is InChI=1S/C13H20N4OS2/c14-11-10(12(18)15-6-8-4-5-19-7-8)20-13(17-11)16-9-2-1-3-9/h8-9H,1-7,14H2,(H,15,18)(H,16,17). The van der Waals surface area contributed by atoms with E-state index < -0.39 is 0 Å². The van der Waals surface area contributed by atoms with Crippen molar-refractivity contribution in [3.05, 3.63) is 4.88 Å². The van der Waals surface area contributed by atoms with Crippen LogP contribution in [0.15, 0.2) is 0 Å². The topological polar surface area (TPSA) is 80.0 Å². The van der Waals surface area contributed by atoms with Gasteiger partial charge < -0.3 is 16.4 Å². The molecular weight excluding hydrogens is 292 g/mol. The summed E-state index contributed by atoms with van der Waals surface area (Å²) in [6.07, 6.45) is 4.82. The van der Waals surface area contributed by atoms with Crippen molar-refractivity contribution >= 4 is 40.0 Å². The summed E-state index contributed by atoms with van der Waals surface area (Å²) in [4.78, 5) is 16.9. The summed E-state index contributed by atoms with van der Waals surface area (Å²) < 4.78 is 0. The summed E-state index contributed by atoms with van der Waals surface area (Å²) in [5.74, 6) is 3.21. The zero-order valence-corrected chi connectivity index (χ0v) is 13.0. The maximum atomic E-state index is 12.1. The highest BCUT2D eigenvalue weighted by Gasteiger charge is 2.22. The largest absolute Gasteiger partial charge is 0.382 e. The SMILES string of the molecule is Nc1nc(NC2CCC2)sc1C(=O)NCC1CCSC1. The van der Waals surface area contributed by atoms with Crippen molar-refractivity contribution in [2.75, 3.05) is 29.1 Å². The molecule has 0 bridgehead atoms. The number of nitrogen functional groups attached to an aromatic ring is 1. The van der Waals surface area contributed by atoms with Crippen LogP contribution in [0.3, 0.4) is 0 Å². The van der Waals surface area contributed by atoms with Crippen molar-refractivity contribution in [2.24, 2.45) is 5.92 Å². The van der Waals surface area contributed by atoms with Crippen molar-refractivity contribution in [3.8, 4) is 0 Å². The van der Waals surface area contributed by atoms with Crippen LogP contribution in [0.25, 0.3) is 0 Å². The van der Waals surface area contributed by atoms with Crippen LogP contribution in [-0.4, -0.2) is 35.0 Å². The van der Waals surface area contributed by atoms with Crippen molar-refractivity contribution in [2.45, 2.75) is 31.7 Å². The van der Waals surface area contributed by atoms with Gasteiger partial charge in [-0.05, 0) is 43.1 Å². The summed E-state index contributed by atoms with van der Waals surface area (Å²) in [6.45, 7) is 0.745. The molecule has 20 heavy (non-hydrogen) atoms. The first kappa shape index (κ1) is 14.0. The second kappa shape index (κ2) is 6.22. The monoisotopic (exact) mass is 312 g/mol. The highest BCUT2D eigenvalue weighted by molar-refractivity contribution is 7.99. The molecule has 1 saturated heterocycles.